The molecule has 1 N–H and O–H groups in total. The van der Waals surface area contributed by atoms with Crippen LogP contribution in [0.25, 0.3) is 10.8 Å². The fourth-order valence-electron chi connectivity index (χ4n) is 4.72. The molecule has 2 fully saturated rings. The van der Waals surface area contributed by atoms with Crippen LogP contribution in [0, 0.1) is 18.8 Å². The topological polar surface area (TPSA) is 67.3 Å². The smallest absolute Gasteiger partial charge is 0.217 e. The molecule has 1 aliphatic heterocycles. The van der Waals surface area contributed by atoms with E-state index in [0.29, 0.717) is 11.8 Å². The maximum Gasteiger partial charge on any atom is 0.217 e. The number of carbonyl (C=O) groups is 1. The molecule has 6 heteroatoms. The molecule has 2 heterocycles. The van der Waals surface area contributed by atoms with Gasteiger partial charge in [0.1, 0.15) is 0 Å². The van der Waals surface area contributed by atoms with Crippen LogP contribution >= 0.6 is 0 Å². The molecular weight excluding hydrogens is 328 g/mol. The highest BCUT2D eigenvalue weighted by atomic mass is 16.5. The van der Waals surface area contributed by atoms with E-state index in [1.54, 1.807) is 14.0 Å². The van der Waals surface area contributed by atoms with Crippen molar-refractivity contribution in [3.63, 3.8) is 0 Å². The summed E-state index contributed by atoms with van der Waals surface area (Å²) < 4.78 is 5.68. The zero-order valence-corrected chi connectivity index (χ0v) is 15.6. The molecule has 1 amide bonds. The number of carbonyl (C=O) groups excluding carboxylic acids is 1. The number of fused-ring (bicyclic) bond motifs is 2. The van der Waals surface area contributed by atoms with E-state index in [9.17, 15) is 4.79 Å². The van der Waals surface area contributed by atoms with Crippen molar-refractivity contribution in [2.24, 2.45) is 11.8 Å². The number of benzene rings is 1. The van der Waals surface area contributed by atoms with Gasteiger partial charge in [-0.2, -0.15) is 5.10 Å². The highest BCUT2D eigenvalue weighted by Crippen LogP contribution is 2.40. The second kappa shape index (κ2) is 6.83. The van der Waals surface area contributed by atoms with Crippen molar-refractivity contribution in [3.05, 3.63) is 30.0 Å². The Kier molecular flexibility index (Phi) is 4.53. The first-order valence-electron chi connectivity index (χ1n) is 9.33. The summed E-state index contributed by atoms with van der Waals surface area (Å²) in [6.07, 6.45) is 2.01. The van der Waals surface area contributed by atoms with E-state index in [2.05, 4.69) is 38.6 Å². The van der Waals surface area contributed by atoms with Crippen LogP contribution in [0.3, 0.4) is 0 Å². The molecule has 0 unspecified atom stereocenters. The first kappa shape index (κ1) is 17.2. The fourth-order valence-corrected chi connectivity index (χ4v) is 4.72. The number of methoxy groups -OCH3 is 1. The number of aryl methyl sites for hydroxylation is 1. The summed E-state index contributed by atoms with van der Waals surface area (Å²) in [4.78, 5) is 13.9. The first-order valence-corrected chi connectivity index (χ1v) is 9.33. The van der Waals surface area contributed by atoms with Gasteiger partial charge in [0.05, 0.1) is 17.8 Å². The van der Waals surface area contributed by atoms with Gasteiger partial charge in [-0.25, -0.2) is 0 Å². The Labute approximate surface area is 153 Å². The zero-order chi connectivity index (χ0) is 18.3. The predicted molar refractivity (Wildman–Crippen MR) is 101 cm³/mol. The van der Waals surface area contributed by atoms with Gasteiger partial charge in [0, 0.05) is 37.9 Å². The average molecular weight is 354 g/mol. The predicted octanol–water partition coefficient (Wildman–Crippen LogP) is 2.30. The lowest BCUT2D eigenvalue weighted by molar-refractivity contribution is -0.121. The molecule has 6 nitrogen and oxygen atoms in total. The maximum absolute atomic E-state index is 11.5. The van der Waals surface area contributed by atoms with Crippen LogP contribution in [0.1, 0.15) is 25.5 Å². The van der Waals surface area contributed by atoms with Crippen LogP contribution < -0.4 is 10.2 Å². The van der Waals surface area contributed by atoms with E-state index >= 15 is 0 Å². The lowest BCUT2D eigenvalue weighted by atomic mass is 9.77. The number of nitrogens with zero attached hydrogens (tertiary/aromatic N) is 3. The molecular formula is C20H26N4O2. The third-order valence-electron chi connectivity index (χ3n) is 5.96. The fraction of sp³-hybridized carbons (Fsp3) is 0.550. The van der Waals surface area contributed by atoms with Crippen molar-refractivity contribution in [1.29, 1.82) is 0 Å². The number of ether oxygens (including phenoxy) is 1. The van der Waals surface area contributed by atoms with Crippen molar-refractivity contribution in [2.75, 3.05) is 25.1 Å². The van der Waals surface area contributed by atoms with Crippen LogP contribution in [0.2, 0.25) is 0 Å². The van der Waals surface area contributed by atoms with E-state index in [-0.39, 0.29) is 18.1 Å². The third kappa shape index (κ3) is 3.03. The summed E-state index contributed by atoms with van der Waals surface area (Å²) in [7, 11) is 1.74. The van der Waals surface area contributed by atoms with Gasteiger partial charge in [0.25, 0.3) is 0 Å². The molecule has 1 aromatic carbocycles. The second-order valence-corrected chi connectivity index (χ2v) is 7.63. The van der Waals surface area contributed by atoms with Crippen molar-refractivity contribution >= 4 is 22.5 Å². The highest BCUT2D eigenvalue weighted by Gasteiger charge is 2.43. The van der Waals surface area contributed by atoms with Gasteiger partial charge in [0.15, 0.2) is 5.82 Å². The van der Waals surface area contributed by atoms with Gasteiger partial charge < -0.3 is 15.0 Å². The van der Waals surface area contributed by atoms with E-state index < -0.39 is 0 Å². The zero-order valence-electron chi connectivity index (χ0n) is 15.6. The lowest BCUT2D eigenvalue weighted by Gasteiger charge is -2.37. The Morgan fingerprint density at radius 2 is 1.85 bits per heavy atom. The number of nitrogens with one attached hydrogen (secondary N) is 1. The molecule has 2 aliphatic rings. The third-order valence-corrected chi connectivity index (χ3v) is 5.96. The highest BCUT2D eigenvalue weighted by molar-refractivity contribution is 5.93. The van der Waals surface area contributed by atoms with Crippen molar-refractivity contribution in [1.82, 2.24) is 15.5 Å². The summed E-state index contributed by atoms with van der Waals surface area (Å²) in [5, 5.41) is 14.3. The summed E-state index contributed by atoms with van der Waals surface area (Å²) >= 11 is 0. The number of hydrogen-bond acceptors (Lipinski definition) is 5. The molecule has 4 rings (SSSR count). The number of amides is 1. The molecule has 1 saturated carbocycles. The molecule has 138 valence electrons. The van der Waals surface area contributed by atoms with Crippen LogP contribution in [0.5, 0.6) is 0 Å². The Morgan fingerprint density at radius 1 is 1.15 bits per heavy atom. The monoisotopic (exact) mass is 354 g/mol. The van der Waals surface area contributed by atoms with Gasteiger partial charge in [-0.05, 0) is 31.6 Å². The van der Waals surface area contributed by atoms with Gasteiger partial charge in [-0.3, -0.25) is 4.79 Å². The Morgan fingerprint density at radius 3 is 2.54 bits per heavy atom. The second-order valence-electron chi connectivity index (χ2n) is 7.63. The molecule has 26 heavy (non-hydrogen) atoms. The molecule has 4 atom stereocenters. The molecule has 1 aliphatic carbocycles. The number of hydrogen-bond donors (Lipinski definition) is 1. The molecule has 0 bridgehead atoms. The minimum Gasteiger partial charge on any atom is -0.379 e. The van der Waals surface area contributed by atoms with Gasteiger partial charge in [0.2, 0.25) is 5.91 Å². The normalized spacial score (nSPS) is 28.2. The molecule has 1 saturated heterocycles. The summed E-state index contributed by atoms with van der Waals surface area (Å²) in [5.41, 5.74) is 0.964. The van der Waals surface area contributed by atoms with Crippen molar-refractivity contribution in [3.8, 4) is 0 Å². The van der Waals surface area contributed by atoms with E-state index in [4.69, 9.17) is 4.74 Å². The number of anilines is 1. The Balaban J connectivity index is 1.59. The minimum atomic E-state index is 0.0146. The van der Waals surface area contributed by atoms with Gasteiger partial charge in [-0.1, -0.05) is 24.3 Å². The van der Waals surface area contributed by atoms with Crippen LogP contribution in [0.15, 0.2) is 24.3 Å². The van der Waals surface area contributed by atoms with Crippen molar-refractivity contribution in [2.45, 2.75) is 38.8 Å². The average Bonchev–Trinajstić information content (AvgIpc) is 3.03. The number of rotatable bonds is 3. The molecule has 0 spiro atoms. The van der Waals surface area contributed by atoms with Crippen LogP contribution in [-0.2, 0) is 9.53 Å². The Bertz CT molecular complexity index is 825. The SMILES string of the molecule is CO[C@@H]1C[C@H]2CN(c3nnc(C)c4ccccc34)C[C@H]2C[C@H]1NC(C)=O. The Hall–Kier alpha value is -2.21. The quantitative estimate of drug-likeness (QED) is 0.916. The lowest BCUT2D eigenvalue weighted by Crippen LogP contribution is -2.49. The largest absolute Gasteiger partial charge is 0.379 e. The van der Waals surface area contributed by atoms with E-state index in [1.165, 1.54) is 10.8 Å². The molecule has 1 aromatic heterocycles. The minimum absolute atomic E-state index is 0.0146. The summed E-state index contributed by atoms with van der Waals surface area (Å²) in [5.74, 6) is 2.10. The van der Waals surface area contributed by atoms with Crippen molar-refractivity contribution < 1.29 is 9.53 Å². The summed E-state index contributed by atoms with van der Waals surface area (Å²) in [6, 6.07) is 8.45. The van der Waals surface area contributed by atoms with Gasteiger partial charge in [-0.15, -0.1) is 5.10 Å². The first-order chi connectivity index (χ1) is 12.6. The standard InChI is InChI=1S/C20H26N4O2/c1-12-16-6-4-5-7-17(16)20(23-22-12)24-10-14-8-18(21-13(2)25)19(26-3)9-15(14)11-24/h4-7,14-15,18-19H,8-11H2,1-3H3,(H,21,25)/t14-,15+,18-,19-/m1/s1. The molecule has 2 aromatic rings. The van der Waals surface area contributed by atoms with E-state index in [0.717, 1.165) is 37.4 Å². The number of aromatic nitrogens is 2. The molecule has 0 radical (unpaired) electrons. The van der Waals surface area contributed by atoms with Crippen LogP contribution in [0.4, 0.5) is 5.82 Å². The maximum atomic E-state index is 11.5. The summed E-state index contributed by atoms with van der Waals surface area (Å²) in [6.45, 7) is 5.51. The van der Waals surface area contributed by atoms with Crippen LogP contribution in [-0.4, -0.2) is 48.4 Å². The van der Waals surface area contributed by atoms with E-state index in [1.807, 2.05) is 13.0 Å². The van der Waals surface area contributed by atoms with Gasteiger partial charge >= 0.3 is 0 Å².